The molecule has 0 bridgehead atoms. The fourth-order valence-electron chi connectivity index (χ4n) is 1.63. The number of nitrogens with one attached hydrogen (secondary N) is 1. The van der Waals surface area contributed by atoms with Gasteiger partial charge in [-0.1, -0.05) is 23.1 Å². The van der Waals surface area contributed by atoms with Crippen LogP contribution in [0.2, 0.25) is 0 Å². The van der Waals surface area contributed by atoms with Crippen LogP contribution in [-0.2, 0) is 16.6 Å². The maximum atomic E-state index is 12.0. The topological polar surface area (TPSA) is 99.0 Å². The first-order valence-electron chi connectivity index (χ1n) is 6.85. The zero-order valence-corrected chi connectivity index (χ0v) is 14.9. The third-order valence-electron chi connectivity index (χ3n) is 2.89. The Hall–Kier alpha value is -1.94. The van der Waals surface area contributed by atoms with Crippen LogP contribution < -0.4 is 5.32 Å². The van der Waals surface area contributed by atoms with E-state index in [0.29, 0.717) is 27.5 Å². The van der Waals surface area contributed by atoms with Gasteiger partial charge in [0, 0.05) is 7.05 Å². The van der Waals surface area contributed by atoms with Crippen LogP contribution in [0.15, 0.2) is 5.16 Å². The number of aryl methyl sites for hydroxylation is 2. The molecule has 10 heteroatoms. The number of rotatable bonds is 6. The summed E-state index contributed by atoms with van der Waals surface area (Å²) in [6, 6.07) is 0. The largest absolute Gasteiger partial charge is 0.462 e. The summed E-state index contributed by atoms with van der Waals surface area (Å²) in [5, 5.41) is 11.6. The van der Waals surface area contributed by atoms with Crippen LogP contribution >= 0.6 is 23.1 Å². The maximum absolute atomic E-state index is 12.0. The van der Waals surface area contributed by atoms with Gasteiger partial charge in [-0.2, -0.15) is 0 Å². The summed E-state index contributed by atoms with van der Waals surface area (Å²) in [7, 11) is 1.84. The van der Waals surface area contributed by atoms with E-state index in [1.165, 1.54) is 11.8 Å². The van der Waals surface area contributed by atoms with E-state index in [4.69, 9.17) is 4.74 Å². The van der Waals surface area contributed by atoms with Crippen molar-refractivity contribution >= 4 is 40.1 Å². The van der Waals surface area contributed by atoms with Crippen molar-refractivity contribution in [3.05, 3.63) is 16.4 Å². The number of anilines is 1. The molecule has 2 rings (SSSR count). The summed E-state index contributed by atoms with van der Waals surface area (Å²) in [6.45, 7) is 5.58. The number of aromatic nitrogens is 4. The maximum Gasteiger partial charge on any atom is 0.350 e. The molecule has 23 heavy (non-hydrogen) atoms. The van der Waals surface area contributed by atoms with Crippen LogP contribution in [0.4, 0.5) is 5.13 Å². The number of thiazole rings is 1. The van der Waals surface area contributed by atoms with E-state index >= 15 is 0 Å². The standard InChI is InChI=1S/C13H17N5O3S2/c1-5-21-11(20)10-7(2)14-12(23-10)15-9(19)6-22-13-17-16-8(3)18(13)4/h5-6H2,1-4H3,(H,14,15,19). The fourth-order valence-corrected chi connectivity index (χ4v) is 3.27. The smallest absolute Gasteiger partial charge is 0.350 e. The van der Waals surface area contributed by atoms with Gasteiger partial charge in [0.2, 0.25) is 5.91 Å². The number of esters is 1. The molecule has 2 aromatic heterocycles. The van der Waals surface area contributed by atoms with E-state index in [2.05, 4.69) is 20.5 Å². The molecule has 124 valence electrons. The molecule has 0 aliphatic heterocycles. The Balaban J connectivity index is 1.94. The van der Waals surface area contributed by atoms with Crippen LogP contribution in [0.1, 0.15) is 28.1 Å². The molecule has 1 amide bonds. The quantitative estimate of drug-likeness (QED) is 0.623. The molecule has 8 nitrogen and oxygen atoms in total. The molecule has 0 fully saturated rings. The Labute approximate surface area is 141 Å². The molecule has 0 aromatic carbocycles. The number of hydrogen-bond acceptors (Lipinski definition) is 8. The summed E-state index contributed by atoms with van der Waals surface area (Å²) in [5.41, 5.74) is 0.542. The molecule has 0 radical (unpaired) electrons. The van der Waals surface area contributed by atoms with Gasteiger partial charge < -0.3 is 14.6 Å². The van der Waals surface area contributed by atoms with E-state index in [1.807, 2.05) is 18.5 Å². The highest BCUT2D eigenvalue weighted by atomic mass is 32.2. The molecular formula is C13H17N5O3S2. The van der Waals surface area contributed by atoms with Gasteiger partial charge in [-0.3, -0.25) is 4.79 Å². The first-order valence-corrected chi connectivity index (χ1v) is 8.65. The summed E-state index contributed by atoms with van der Waals surface area (Å²) in [6.07, 6.45) is 0. The van der Waals surface area contributed by atoms with E-state index in [0.717, 1.165) is 17.2 Å². The minimum absolute atomic E-state index is 0.180. The molecular weight excluding hydrogens is 338 g/mol. The highest BCUT2D eigenvalue weighted by Crippen LogP contribution is 2.24. The van der Waals surface area contributed by atoms with Gasteiger partial charge in [0.25, 0.3) is 0 Å². The van der Waals surface area contributed by atoms with Crippen LogP contribution in [0, 0.1) is 13.8 Å². The predicted molar refractivity (Wildman–Crippen MR) is 87.9 cm³/mol. The minimum Gasteiger partial charge on any atom is -0.462 e. The predicted octanol–water partition coefficient (Wildman–Crippen LogP) is 1.80. The summed E-state index contributed by atoms with van der Waals surface area (Å²) in [5.74, 6) is 0.313. The molecule has 0 spiro atoms. The normalized spacial score (nSPS) is 10.6. The lowest BCUT2D eigenvalue weighted by Crippen LogP contribution is -2.14. The molecule has 0 saturated carbocycles. The Morgan fingerprint density at radius 2 is 2.09 bits per heavy atom. The molecule has 0 aliphatic rings. The summed E-state index contributed by atoms with van der Waals surface area (Å²) >= 11 is 2.39. The van der Waals surface area contributed by atoms with Gasteiger partial charge in [0.15, 0.2) is 10.3 Å². The fraction of sp³-hybridized carbons (Fsp3) is 0.462. The van der Waals surface area contributed by atoms with Gasteiger partial charge >= 0.3 is 5.97 Å². The van der Waals surface area contributed by atoms with E-state index in [1.54, 1.807) is 13.8 Å². The lowest BCUT2D eigenvalue weighted by molar-refractivity contribution is -0.113. The van der Waals surface area contributed by atoms with Crippen molar-refractivity contribution in [3.63, 3.8) is 0 Å². The lowest BCUT2D eigenvalue weighted by Gasteiger charge is -2.02. The first kappa shape index (κ1) is 17.4. The van der Waals surface area contributed by atoms with Gasteiger partial charge in [-0.25, -0.2) is 9.78 Å². The summed E-state index contributed by atoms with van der Waals surface area (Å²) in [4.78, 5) is 28.3. The highest BCUT2D eigenvalue weighted by Gasteiger charge is 2.18. The highest BCUT2D eigenvalue weighted by molar-refractivity contribution is 7.99. The number of carbonyl (C=O) groups is 2. The van der Waals surface area contributed by atoms with Crippen molar-refractivity contribution in [2.24, 2.45) is 7.05 Å². The van der Waals surface area contributed by atoms with Crippen molar-refractivity contribution in [1.82, 2.24) is 19.7 Å². The van der Waals surface area contributed by atoms with E-state index < -0.39 is 5.97 Å². The van der Waals surface area contributed by atoms with Gasteiger partial charge in [-0.15, -0.1) is 10.2 Å². The van der Waals surface area contributed by atoms with Crippen LogP contribution in [0.5, 0.6) is 0 Å². The van der Waals surface area contributed by atoms with Gasteiger partial charge in [-0.05, 0) is 20.8 Å². The molecule has 0 aliphatic carbocycles. The molecule has 0 atom stereocenters. The van der Waals surface area contributed by atoms with Crippen molar-refractivity contribution in [1.29, 1.82) is 0 Å². The zero-order chi connectivity index (χ0) is 17.0. The third kappa shape index (κ3) is 4.29. The van der Waals surface area contributed by atoms with Crippen LogP contribution in [0.3, 0.4) is 0 Å². The number of ether oxygens (including phenoxy) is 1. The SMILES string of the molecule is CCOC(=O)c1sc(NC(=O)CSc2nnc(C)n2C)nc1C. The van der Waals surface area contributed by atoms with Crippen molar-refractivity contribution < 1.29 is 14.3 Å². The number of hydrogen-bond donors (Lipinski definition) is 1. The average Bonchev–Trinajstić information content (AvgIpc) is 3.01. The molecule has 0 unspecified atom stereocenters. The Morgan fingerprint density at radius 1 is 1.35 bits per heavy atom. The Kier molecular flexibility index (Phi) is 5.72. The Morgan fingerprint density at radius 3 is 2.70 bits per heavy atom. The van der Waals surface area contributed by atoms with Gasteiger partial charge in [0.1, 0.15) is 10.7 Å². The number of nitrogens with zero attached hydrogens (tertiary/aromatic N) is 4. The second-order valence-corrected chi connectivity index (χ2v) is 6.52. The van der Waals surface area contributed by atoms with Crippen LogP contribution in [-0.4, -0.2) is 44.0 Å². The second kappa shape index (κ2) is 7.55. The van der Waals surface area contributed by atoms with Crippen molar-refractivity contribution in [2.45, 2.75) is 25.9 Å². The zero-order valence-electron chi connectivity index (χ0n) is 13.2. The lowest BCUT2D eigenvalue weighted by atomic mass is 10.4. The van der Waals surface area contributed by atoms with Gasteiger partial charge in [0.05, 0.1) is 18.1 Å². The molecule has 0 saturated heterocycles. The monoisotopic (exact) mass is 355 g/mol. The van der Waals surface area contributed by atoms with E-state index in [9.17, 15) is 9.59 Å². The number of amides is 1. The minimum atomic E-state index is -0.424. The third-order valence-corrected chi connectivity index (χ3v) is 4.96. The number of thioether (sulfide) groups is 1. The second-order valence-electron chi connectivity index (χ2n) is 4.58. The molecule has 2 heterocycles. The average molecular weight is 355 g/mol. The Bertz CT molecular complexity index is 725. The molecule has 2 aromatic rings. The van der Waals surface area contributed by atoms with E-state index in [-0.39, 0.29) is 11.7 Å². The summed E-state index contributed by atoms with van der Waals surface area (Å²) < 4.78 is 6.75. The van der Waals surface area contributed by atoms with Crippen molar-refractivity contribution in [3.8, 4) is 0 Å². The van der Waals surface area contributed by atoms with Crippen LogP contribution in [0.25, 0.3) is 0 Å². The van der Waals surface area contributed by atoms with Crippen molar-refractivity contribution in [2.75, 3.05) is 17.7 Å². The number of carbonyl (C=O) groups excluding carboxylic acids is 2. The molecule has 1 N–H and O–H groups in total. The first-order chi connectivity index (χ1) is 10.9.